The first-order valence-electron chi connectivity index (χ1n) is 5.87. The van der Waals surface area contributed by atoms with E-state index in [1.54, 1.807) is 18.3 Å². The highest BCUT2D eigenvalue weighted by atomic mass is 35.5. The van der Waals surface area contributed by atoms with E-state index in [0.29, 0.717) is 22.2 Å². The van der Waals surface area contributed by atoms with Crippen molar-refractivity contribution in [1.82, 2.24) is 4.98 Å². The van der Waals surface area contributed by atoms with Crippen molar-refractivity contribution in [2.45, 2.75) is 29.2 Å². The van der Waals surface area contributed by atoms with E-state index in [4.69, 9.17) is 23.2 Å². The van der Waals surface area contributed by atoms with Crippen molar-refractivity contribution in [3.05, 3.63) is 52.3 Å². The van der Waals surface area contributed by atoms with Gasteiger partial charge < -0.3 is 5.11 Å². The Balaban J connectivity index is 2.17. The van der Waals surface area contributed by atoms with Crippen molar-refractivity contribution in [3.63, 3.8) is 0 Å². The van der Waals surface area contributed by atoms with Gasteiger partial charge in [0.1, 0.15) is 0 Å². The van der Waals surface area contributed by atoms with Gasteiger partial charge in [-0.05, 0) is 36.8 Å². The van der Waals surface area contributed by atoms with Crippen molar-refractivity contribution in [1.29, 1.82) is 0 Å². The fourth-order valence-corrected chi connectivity index (χ4v) is 2.86. The maximum atomic E-state index is 9.68. The summed E-state index contributed by atoms with van der Waals surface area (Å²) in [6.07, 6.45) is 1.88. The van der Waals surface area contributed by atoms with Gasteiger partial charge in [0.15, 0.2) is 0 Å². The molecular weight excluding hydrogens is 301 g/mol. The molecule has 1 heterocycles. The van der Waals surface area contributed by atoms with Crippen LogP contribution in [0.1, 0.15) is 25.1 Å². The molecule has 1 aromatic carbocycles. The van der Waals surface area contributed by atoms with Gasteiger partial charge in [0.2, 0.25) is 0 Å². The maximum Gasteiger partial charge on any atom is 0.0957 e. The second-order valence-corrected chi connectivity index (χ2v) is 5.98. The van der Waals surface area contributed by atoms with E-state index in [1.807, 2.05) is 25.1 Å². The van der Waals surface area contributed by atoms with E-state index in [2.05, 4.69) is 4.98 Å². The van der Waals surface area contributed by atoms with Gasteiger partial charge in [-0.15, -0.1) is 0 Å². The summed E-state index contributed by atoms with van der Waals surface area (Å²) >= 11 is 13.6. The number of benzene rings is 1. The molecule has 0 saturated heterocycles. The Morgan fingerprint density at radius 3 is 2.68 bits per heavy atom. The van der Waals surface area contributed by atoms with Gasteiger partial charge in [0.25, 0.3) is 0 Å². The predicted octanol–water partition coefficient (Wildman–Crippen LogP) is 4.98. The second kappa shape index (κ2) is 6.62. The molecule has 100 valence electrons. The smallest absolute Gasteiger partial charge is 0.0957 e. The van der Waals surface area contributed by atoms with Crippen LogP contribution in [0, 0.1) is 0 Å². The predicted molar refractivity (Wildman–Crippen MR) is 80.1 cm³/mol. The van der Waals surface area contributed by atoms with Crippen molar-refractivity contribution >= 4 is 35.0 Å². The van der Waals surface area contributed by atoms with Gasteiger partial charge in [-0.2, -0.15) is 0 Å². The van der Waals surface area contributed by atoms with Gasteiger partial charge in [-0.25, -0.2) is 0 Å². The van der Waals surface area contributed by atoms with E-state index < -0.39 is 6.10 Å². The van der Waals surface area contributed by atoms with Crippen LogP contribution in [0.15, 0.2) is 46.3 Å². The lowest BCUT2D eigenvalue weighted by Gasteiger charge is -2.08. The quantitative estimate of drug-likeness (QED) is 0.863. The molecule has 0 spiro atoms. The van der Waals surface area contributed by atoms with Crippen LogP contribution >= 0.6 is 35.0 Å². The number of aliphatic hydroxyl groups is 1. The normalized spacial score (nSPS) is 12.4. The molecule has 1 atom stereocenters. The Kier molecular flexibility index (Phi) is 5.11. The lowest BCUT2D eigenvalue weighted by atomic mass is 10.2. The van der Waals surface area contributed by atoms with Crippen LogP contribution in [-0.2, 0) is 0 Å². The number of aromatic nitrogens is 1. The molecular formula is C14H13Cl2NOS. The van der Waals surface area contributed by atoms with Crippen molar-refractivity contribution in [3.8, 4) is 0 Å². The number of rotatable bonds is 4. The largest absolute Gasteiger partial charge is 0.387 e. The molecule has 1 N–H and O–H groups in total. The third-order valence-corrected chi connectivity index (χ3v) is 4.32. The molecule has 0 saturated carbocycles. The molecule has 0 fully saturated rings. The van der Waals surface area contributed by atoms with Gasteiger partial charge in [0, 0.05) is 21.0 Å². The third-order valence-electron chi connectivity index (χ3n) is 2.61. The van der Waals surface area contributed by atoms with Crippen molar-refractivity contribution < 1.29 is 5.11 Å². The Bertz CT molecular complexity index is 560. The van der Waals surface area contributed by atoms with Crippen LogP contribution in [0.3, 0.4) is 0 Å². The minimum atomic E-state index is -0.506. The van der Waals surface area contributed by atoms with Crippen LogP contribution in [0.25, 0.3) is 0 Å². The van der Waals surface area contributed by atoms with E-state index >= 15 is 0 Å². The Hall–Kier alpha value is -0.740. The van der Waals surface area contributed by atoms with Crippen LogP contribution < -0.4 is 0 Å². The van der Waals surface area contributed by atoms with Crippen molar-refractivity contribution in [2.75, 3.05) is 0 Å². The zero-order valence-electron chi connectivity index (χ0n) is 10.3. The molecule has 0 aliphatic carbocycles. The van der Waals surface area contributed by atoms with Gasteiger partial charge >= 0.3 is 0 Å². The Morgan fingerprint density at radius 2 is 2.05 bits per heavy atom. The zero-order valence-corrected chi connectivity index (χ0v) is 12.6. The first-order valence-corrected chi connectivity index (χ1v) is 7.44. The van der Waals surface area contributed by atoms with E-state index in [0.717, 1.165) is 9.79 Å². The number of hydrogen-bond acceptors (Lipinski definition) is 3. The number of aliphatic hydroxyl groups excluding tert-OH is 1. The minimum Gasteiger partial charge on any atom is -0.387 e. The molecule has 2 aromatic rings. The molecule has 0 bridgehead atoms. The molecule has 0 aliphatic rings. The molecule has 2 rings (SSSR count). The topological polar surface area (TPSA) is 33.1 Å². The number of halogens is 2. The fourth-order valence-electron chi connectivity index (χ4n) is 1.54. The standard InChI is InChI=1S/C14H13Cl2NOS/c1-2-13(18)12-6-4-10(8-17-12)19-14-7-9(15)3-5-11(14)16/h3-8,13,18H,2H2,1H3/t13-/m0/s1. The summed E-state index contributed by atoms with van der Waals surface area (Å²) in [6.45, 7) is 1.92. The molecule has 1 aromatic heterocycles. The molecule has 0 aliphatic heterocycles. The maximum absolute atomic E-state index is 9.68. The summed E-state index contributed by atoms with van der Waals surface area (Å²) in [7, 11) is 0. The average Bonchev–Trinajstić information content (AvgIpc) is 2.43. The van der Waals surface area contributed by atoms with Crippen LogP contribution in [0.2, 0.25) is 10.0 Å². The Morgan fingerprint density at radius 1 is 1.26 bits per heavy atom. The first-order chi connectivity index (χ1) is 9.10. The fraction of sp³-hybridized carbons (Fsp3) is 0.214. The highest BCUT2D eigenvalue weighted by molar-refractivity contribution is 7.99. The molecule has 19 heavy (non-hydrogen) atoms. The molecule has 5 heteroatoms. The van der Waals surface area contributed by atoms with Crippen LogP contribution in [-0.4, -0.2) is 10.1 Å². The average molecular weight is 314 g/mol. The Labute approximate surface area is 126 Å². The third kappa shape index (κ3) is 3.86. The van der Waals surface area contributed by atoms with Gasteiger partial charge in [0.05, 0.1) is 16.8 Å². The first kappa shape index (κ1) is 14.7. The summed E-state index contributed by atoms with van der Waals surface area (Å²) in [4.78, 5) is 6.09. The zero-order chi connectivity index (χ0) is 13.8. The summed E-state index contributed by atoms with van der Waals surface area (Å²) < 4.78 is 0. The minimum absolute atomic E-state index is 0.506. The second-order valence-electron chi connectivity index (χ2n) is 4.02. The summed E-state index contributed by atoms with van der Waals surface area (Å²) in [5, 5.41) is 11.0. The number of nitrogens with zero attached hydrogens (tertiary/aromatic N) is 1. The highest BCUT2D eigenvalue weighted by Gasteiger charge is 2.08. The van der Waals surface area contributed by atoms with Crippen molar-refractivity contribution in [2.24, 2.45) is 0 Å². The van der Waals surface area contributed by atoms with E-state index in [-0.39, 0.29) is 0 Å². The monoisotopic (exact) mass is 313 g/mol. The lowest BCUT2D eigenvalue weighted by molar-refractivity contribution is 0.169. The highest BCUT2D eigenvalue weighted by Crippen LogP contribution is 2.35. The van der Waals surface area contributed by atoms with E-state index in [1.165, 1.54) is 11.8 Å². The van der Waals surface area contributed by atoms with Crippen LogP contribution in [0.4, 0.5) is 0 Å². The number of hydrogen-bond donors (Lipinski definition) is 1. The molecule has 2 nitrogen and oxygen atoms in total. The molecule has 0 amide bonds. The van der Waals surface area contributed by atoms with Crippen LogP contribution in [0.5, 0.6) is 0 Å². The number of pyridine rings is 1. The van der Waals surface area contributed by atoms with Gasteiger partial charge in [-0.1, -0.05) is 41.9 Å². The van der Waals surface area contributed by atoms with Gasteiger partial charge in [-0.3, -0.25) is 4.98 Å². The summed E-state index contributed by atoms with van der Waals surface area (Å²) in [6, 6.07) is 9.10. The summed E-state index contributed by atoms with van der Waals surface area (Å²) in [5.74, 6) is 0. The van der Waals surface area contributed by atoms with E-state index in [9.17, 15) is 5.11 Å². The summed E-state index contributed by atoms with van der Waals surface area (Å²) in [5.41, 5.74) is 0.684. The lowest BCUT2D eigenvalue weighted by Crippen LogP contribution is -1.97. The SMILES string of the molecule is CC[C@H](O)c1ccc(Sc2cc(Cl)ccc2Cl)cn1. The molecule has 0 radical (unpaired) electrons. The molecule has 0 unspecified atom stereocenters.